The van der Waals surface area contributed by atoms with Gasteiger partial charge >= 0.3 is 0 Å². The number of benzene rings is 1. The number of para-hydroxylation sites is 1. The molecule has 5 nitrogen and oxygen atoms in total. The predicted molar refractivity (Wildman–Crippen MR) is 88.1 cm³/mol. The van der Waals surface area contributed by atoms with Crippen LogP contribution in [0.1, 0.15) is 13.3 Å². The Balaban J connectivity index is 1.92. The van der Waals surface area contributed by atoms with Gasteiger partial charge < -0.3 is 15.1 Å². The lowest BCUT2D eigenvalue weighted by Crippen LogP contribution is -2.37. The summed E-state index contributed by atoms with van der Waals surface area (Å²) in [6.45, 7) is 4.80. The minimum absolute atomic E-state index is 0.0565. The van der Waals surface area contributed by atoms with E-state index in [4.69, 9.17) is 11.6 Å². The van der Waals surface area contributed by atoms with Gasteiger partial charge in [0.15, 0.2) is 0 Å². The van der Waals surface area contributed by atoms with Crippen LogP contribution in [0.2, 0.25) is 5.02 Å². The van der Waals surface area contributed by atoms with Crippen LogP contribution in [0.4, 0.5) is 5.69 Å². The van der Waals surface area contributed by atoms with E-state index in [1.165, 1.54) is 0 Å². The predicted octanol–water partition coefficient (Wildman–Crippen LogP) is 1.76. The first kappa shape index (κ1) is 16.8. The number of carbonyl (C=O) groups excluding carboxylic acids is 2. The zero-order valence-electron chi connectivity index (χ0n) is 13.0. The van der Waals surface area contributed by atoms with E-state index in [1.807, 2.05) is 19.2 Å². The molecule has 0 aromatic heterocycles. The fourth-order valence-corrected chi connectivity index (χ4v) is 2.70. The van der Waals surface area contributed by atoms with Crippen molar-refractivity contribution in [2.75, 3.05) is 38.1 Å². The number of hydrogen-bond acceptors (Lipinski definition) is 3. The summed E-state index contributed by atoms with van der Waals surface area (Å²) in [5.41, 5.74) is 0.676. The Bertz CT molecular complexity index is 550. The second kappa shape index (κ2) is 7.61. The normalized spacial score (nSPS) is 18.1. The Kier molecular flexibility index (Phi) is 5.80. The SMILES string of the molecule is CCN(C)CCNC(=O)C1CC(=O)N(c2ccccc2Cl)C1. The molecule has 2 rings (SSSR count). The molecule has 1 heterocycles. The molecule has 1 unspecified atom stereocenters. The molecule has 22 heavy (non-hydrogen) atoms. The van der Waals surface area contributed by atoms with E-state index in [1.54, 1.807) is 17.0 Å². The van der Waals surface area contributed by atoms with Crippen LogP contribution >= 0.6 is 11.6 Å². The molecule has 2 amide bonds. The molecule has 6 heteroatoms. The fraction of sp³-hybridized carbons (Fsp3) is 0.500. The molecular formula is C16H22ClN3O2. The Morgan fingerprint density at radius 3 is 2.86 bits per heavy atom. The molecule has 0 saturated carbocycles. The lowest BCUT2D eigenvalue weighted by atomic mass is 10.1. The number of carbonyl (C=O) groups is 2. The summed E-state index contributed by atoms with van der Waals surface area (Å²) in [7, 11) is 2.00. The maximum Gasteiger partial charge on any atom is 0.227 e. The summed E-state index contributed by atoms with van der Waals surface area (Å²) in [5, 5.41) is 3.43. The zero-order valence-corrected chi connectivity index (χ0v) is 13.8. The molecule has 0 spiro atoms. The van der Waals surface area contributed by atoms with Gasteiger partial charge in [0.05, 0.1) is 16.6 Å². The van der Waals surface area contributed by atoms with Crippen molar-refractivity contribution in [2.45, 2.75) is 13.3 Å². The summed E-state index contributed by atoms with van der Waals surface area (Å²) in [6.07, 6.45) is 0.237. The number of hydrogen-bond donors (Lipinski definition) is 1. The van der Waals surface area contributed by atoms with Crippen LogP contribution in [0.15, 0.2) is 24.3 Å². The van der Waals surface area contributed by atoms with Crippen molar-refractivity contribution < 1.29 is 9.59 Å². The smallest absolute Gasteiger partial charge is 0.227 e. The number of rotatable bonds is 6. The van der Waals surface area contributed by atoms with Crippen LogP contribution in [-0.4, -0.2) is 49.9 Å². The number of nitrogens with zero attached hydrogens (tertiary/aromatic N) is 2. The van der Waals surface area contributed by atoms with Gasteiger partial charge in [0.2, 0.25) is 11.8 Å². The first-order chi connectivity index (χ1) is 10.5. The van der Waals surface area contributed by atoms with Gasteiger partial charge in [0, 0.05) is 26.1 Å². The largest absolute Gasteiger partial charge is 0.355 e. The van der Waals surface area contributed by atoms with E-state index in [0.717, 1.165) is 13.1 Å². The summed E-state index contributed by atoms with van der Waals surface area (Å²) in [5.74, 6) is -0.429. The van der Waals surface area contributed by atoms with Crippen molar-refractivity contribution >= 4 is 29.1 Å². The second-order valence-electron chi connectivity index (χ2n) is 5.54. The highest BCUT2D eigenvalue weighted by molar-refractivity contribution is 6.33. The number of halogens is 1. The van der Waals surface area contributed by atoms with Crippen molar-refractivity contribution in [3.63, 3.8) is 0 Å². The van der Waals surface area contributed by atoms with E-state index in [9.17, 15) is 9.59 Å². The van der Waals surface area contributed by atoms with Crippen LogP contribution in [0, 0.1) is 5.92 Å². The molecule has 1 aliphatic rings. The van der Waals surface area contributed by atoms with Gasteiger partial charge in [-0.3, -0.25) is 9.59 Å². The highest BCUT2D eigenvalue weighted by atomic mass is 35.5. The van der Waals surface area contributed by atoms with Gasteiger partial charge in [-0.05, 0) is 25.7 Å². The quantitative estimate of drug-likeness (QED) is 0.868. The highest BCUT2D eigenvalue weighted by Crippen LogP contribution is 2.30. The number of likely N-dealkylation sites (N-methyl/N-ethyl adjacent to an activating group) is 1. The lowest BCUT2D eigenvalue weighted by molar-refractivity contribution is -0.126. The molecule has 0 aliphatic carbocycles. The van der Waals surface area contributed by atoms with E-state index < -0.39 is 0 Å². The number of amides is 2. The third kappa shape index (κ3) is 3.99. The summed E-state index contributed by atoms with van der Waals surface area (Å²) in [6, 6.07) is 7.21. The first-order valence-corrected chi connectivity index (χ1v) is 7.92. The molecular weight excluding hydrogens is 302 g/mol. The average Bonchev–Trinajstić information content (AvgIpc) is 2.89. The molecule has 1 atom stereocenters. The van der Waals surface area contributed by atoms with Crippen molar-refractivity contribution in [1.82, 2.24) is 10.2 Å². The van der Waals surface area contributed by atoms with Gasteiger partial charge in [0.1, 0.15) is 0 Å². The van der Waals surface area contributed by atoms with Crippen molar-refractivity contribution in [1.29, 1.82) is 0 Å². The Morgan fingerprint density at radius 2 is 2.18 bits per heavy atom. The van der Waals surface area contributed by atoms with Crippen molar-refractivity contribution in [3.8, 4) is 0 Å². The van der Waals surface area contributed by atoms with Gasteiger partial charge in [-0.15, -0.1) is 0 Å². The van der Waals surface area contributed by atoms with E-state index >= 15 is 0 Å². The van der Waals surface area contributed by atoms with Crippen molar-refractivity contribution in [2.24, 2.45) is 5.92 Å². The van der Waals surface area contributed by atoms with Gasteiger partial charge in [-0.1, -0.05) is 30.7 Å². The standard InChI is InChI=1S/C16H22ClN3O2/c1-3-19(2)9-8-18-16(22)12-10-15(21)20(11-12)14-7-5-4-6-13(14)17/h4-7,12H,3,8-11H2,1-2H3,(H,18,22). The molecule has 1 fully saturated rings. The van der Waals surface area contributed by atoms with Gasteiger partial charge in [0.25, 0.3) is 0 Å². The zero-order chi connectivity index (χ0) is 16.1. The van der Waals surface area contributed by atoms with E-state index in [2.05, 4.69) is 17.1 Å². The number of nitrogens with one attached hydrogen (secondary N) is 1. The lowest BCUT2D eigenvalue weighted by Gasteiger charge is -2.18. The van der Waals surface area contributed by atoms with Crippen molar-refractivity contribution in [3.05, 3.63) is 29.3 Å². The van der Waals surface area contributed by atoms with Gasteiger partial charge in [-0.2, -0.15) is 0 Å². The number of anilines is 1. The van der Waals surface area contributed by atoms with Crippen LogP contribution in [0.3, 0.4) is 0 Å². The summed E-state index contributed by atoms with van der Waals surface area (Å²) in [4.78, 5) is 28.1. The molecule has 0 radical (unpaired) electrons. The molecule has 1 N–H and O–H groups in total. The van der Waals surface area contributed by atoms with Crippen LogP contribution in [-0.2, 0) is 9.59 Å². The molecule has 1 saturated heterocycles. The minimum Gasteiger partial charge on any atom is -0.355 e. The van der Waals surface area contributed by atoms with Crippen LogP contribution in [0.5, 0.6) is 0 Å². The molecule has 1 aliphatic heterocycles. The monoisotopic (exact) mass is 323 g/mol. The topological polar surface area (TPSA) is 52.7 Å². The first-order valence-electron chi connectivity index (χ1n) is 7.54. The third-order valence-corrected chi connectivity index (χ3v) is 4.29. The maximum absolute atomic E-state index is 12.2. The molecule has 0 bridgehead atoms. The second-order valence-corrected chi connectivity index (χ2v) is 5.95. The highest BCUT2D eigenvalue weighted by Gasteiger charge is 2.35. The molecule has 120 valence electrons. The van der Waals surface area contributed by atoms with Crippen LogP contribution in [0.25, 0.3) is 0 Å². The molecule has 1 aromatic carbocycles. The maximum atomic E-state index is 12.2. The van der Waals surface area contributed by atoms with Crippen LogP contribution < -0.4 is 10.2 Å². The Hall–Kier alpha value is -1.59. The Labute approximate surface area is 136 Å². The Morgan fingerprint density at radius 1 is 1.45 bits per heavy atom. The average molecular weight is 324 g/mol. The van der Waals surface area contributed by atoms with Gasteiger partial charge in [-0.25, -0.2) is 0 Å². The summed E-state index contributed by atoms with van der Waals surface area (Å²) < 4.78 is 0. The fourth-order valence-electron chi connectivity index (χ4n) is 2.46. The third-order valence-electron chi connectivity index (χ3n) is 3.97. The molecule has 1 aromatic rings. The minimum atomic E-state index is -0.310. The summed E-state index contributed by atoms with van der Waals surface area (Å²) >= 11 is 6.13. The van der Waals surface area contributed by atoms with E-state index in [0.29, 0.717) is 23.8 Å². The van der Waals surface area contributed by atoms with E-state index in [-0.39, 0.29) is 24.2 Å².